The van der Waals surface area contributed by atoms with Gasteiger partial charge in [0.15, 0.2) is 5.65 Å². The van der Waals surface area contributed by atoms with Crippen molar-refractivity contribution >= 4 is 11.5 Å². The zero-order valence-electron chi connectivity index (χ0n) is 18.7. The molecule has 0 spiro atoms. The maximum atomic E-state index is 14.6. The molecule has 0 saturated carbocycles. The second-order valence-electron chi connectivity index (χ2n) is 9.26. The Hall–Kier alpha value is -3.49. The Bertz CT molecular complexity index is 1290. The average molecular weight is 436 g/mol. The van der Waals surface area contributed by atoms with Gasteiger partial charge in [0.25, 0.3) is 6.08 Å². The van der Waals surface area contributed by atoms with E-state index in [1.54, 1.807) is 28.6 Å². The van der Waals surface area contributed by atoms with E-state index in [1.807, 2.05) is 24.4 Å². The SMILES string of the molecule is COc1ncccc1-c1cnn2ccc(N3CCc4nc(F)n(CC(C)(C)C)c4C3)nc12. The number of pyridine rings is 1. The molecule has 5 heterocycles. The van der Waals surface area contributed by atoms with E-state index in [-0.39, 0.29) is 5.41 Å². The van der Waals surface area contributed by atoms with Crippen LogP contribution in [0.2, 0.25) is 0 Å². The number of anilines is 1. The van der Waals surface area contributed by atoms with Crippen LogP contribution in [0.25, 0.3) is 16.8 Å². The molecule has 4 aromatic rings. The molecule has 0 fully saturated rings. The van der Waals surface area contributed by atoms with Gasteiger partial charge in [-0.2, -0.15) is 9.49 Å². The minimum Gasteiger partial charge on any atom is -0.481 e. The van der Waals surface area contributed by atoms with Crippen LogP contribution in [-0.4, -0.2) is 42.8 Å². The Kier molecular flexibility index (Phi) is 4.83. The molecule has 0 atom stereocenters. The molecular weight excluding hydrogens is 409 g/mol. The summed E-state index contributed by atoms with van der Waals surface area (Å²) in [5.41, 5.74) is 4.11. The molecule has 1 aliphatic heterocycles. The molecule has 1 aliphatic rings. The lowest BCUT2D eigenvalue weighted by atomic mass is 9.96. The topological polar surface area (TPSA) is 73.4 Å². The fourth-order valence-electron chi connectivity index (χ4n) is 4.20. The van der Waals surface area contributed by atoms with Gasteiger partial charge in [-0.25, -0.2) is 19.5 Å². The van der Waals surface area contributed by atoms with E-state index in [9.17, 15) is 4.39 Å². The summed E-state index contributed by atoms with van der Waals surface area (Å²) in [5.74, 6) is 1.34. The van der Waals surface area contributed by atoms with E-state index >= 15 is 0 Å². The van der Waals surface area contributed by atoms with E-state index < -0.39 is 6.08 Å². The van der Waals surface area contributed by atoms with Gasteiger partial charge in [-0.1, -0.05) is 20.8 Å². The summed E-state index contributed by atoms with van der Waals surface area (Å²) >= 11 is 0. The third kappa shape index (κ3) is 3.57. The quantitative estimate of drug-likeness (QED) is 0.486. The van der Waals surface area contributed by atoms with Gasteiger partial charge in [0.05, 0.1) is 36.8 Å². The summed E-state index contributed by atoms with van der Waals surface area (Å²) in [6, 6.07) is 5.75. The van der Waals surface area contributed by atoms with Gasteiger partial charge >= 0.3 is 0 Å². The lowest BCUT2D eigenvalue weighted by molar-refractivity contribution is 0.306. The van der Waals surface area contributed by atoms with Crippen LogP contribution in [0.15, 0.2) is 36.8 Å². The molecule has 166 valence electrons. The molecule has 0 unspecified atom stereocenters. The molecule has 0 N–H and O–H groups in total. The Labute approximate surface area is 185 Å². The van der Waals surface area contributed by atoms with Crippen molar-refractivity contribution in [1.82, 2.24) is 29.1 Å². The van der Waals surface area contributed by atoms with Crippen molar-refractivity contribution in [1.29, 1.82) is 0 Å². The normalized spacial score (nSPS) is 14.1. The molecule has 0 amide bonds. The van der Waals surface area contributed by atoms with Crippen LogP contribution in [0.4, 0.5) is 10.2 Å². The highest BCUT2D eigenvalue weighted by Crippen LogP contribution is 2.32. The number of aromatic nitrogens is 6. The number of fused-ring (bicyclic) bond motifs is 2. The minimum absolute atomic E-state index is 0.0516. The number of hydrogen-bond acceptors (Lipinski definition) is 6. The third-order valence-corrected chi connectivity index (χ3v) is 5.63. The molecule has 0 radical (unpaired) electrons. The Morgan fingerprint density at radius 1 is 1.16 bits per heavy atom. The van der Waals surface area contributed by atoms with Gasteiger partial charge in [-0.05, 0) is 23.6 Å². The number of rotatable bonds is 4. The molecule has 9 heteroatoms. The average Bonchev–Trinajstić information content (AvgIpc) is 3.32. The predicted octanol–water partition coefficient (Wildman–Crippen LogP) is 3.74. The first kappa shape index (κ1) is 20.4. The number of nitrogens with zero attached hydrogens (tertiary/aromatic N) is 7. The van der Waals surface area contributed by atoms with Crippen molar-refractivity contribution in [2.45, 2.75) is 40.3 Å². The maximum Gasteiger partial charge on any atom is 0.289 e. The van der Waals surface area contributed by atoms with E-state index in [0.29, 0.717) is 31.0 Å². The van der Waals surface area contributed by atoms with Crippen molar-refractivity contribution in [3.05, 3.63) is 54.3 Å². The summed E-state index contributed by atoms with van der Waals surface area (Å²) in [4.78, 5) is 15.6. The smallest absolute Gasteiger partial charge is 0.289 e. The molecule has 0 bridgehead atoms. The van der Waals surface area contributed by atoms with Gasteiger partial charge in [-0.3, -0.25) is 0 Å². The third-order valence-electron chi connectivity index (χ3n) is 5.63. The monoisotopic (exact) mass is 435 g/mol. The number of ether oxygens (including phenoxy) is 1. The summed E-state index contributed by atoms with van der Waals surface area (Å²) in [6.45, 7) is 8.16. The highest BCUT2D eigenvalue weighted by molar-refractivity contribution is 5.80. The number of halogens is 1. The Balaban J connectivity index is 1.52. The van der Waals surface area contributed by atoms with E-state index in [4.69, 9.17) is 9.72 Å². The first-order valence-electron chi connectivity index (χ1n) is 10.7. The van der Waals surface area contributed by atoms with Crippen molar-refractivity contribution in [2.24, 2.45) is 5.41 Å². The molecule has 0 aliphatic carbocycles. The lowest BCUT2D eigenvalue weighted by Gasteiger charge is -2.29. The van der Waals surface area contributed by atoms with Crippen molar-refractivity contribution in [2.75, 3.05) is 18.6 Å². The van der Waals surface area contributed by atoms with Crippen LogP contribution >= 0.6 is 0 Å². The lowest BCUT2D eigenvalue weighted by Crippen LogP contribution is -2.33. The van der Waals surface area contributed by atoms with Crippen molar-refractivity contribution < 1.29 is 9.13 Å². The van der Waals surface area contributed by atoms with Crippen LogP contribution in [-0.2, 0) is 19.5 Å². The number of methoxy groups -OCH3 is 1. The zero-order valence-corrected chi connectivity index (χ0v) is 18.7. The van der Waals surface area contributed by atoms with E-state index in [1.165, 1.54) is 0 Å². The fraction of sp³-hybridized carbons (Fsp3) is 0.391. The van der Waals surface area contributed by atoms with Gasteiger partial charge in [0, 0.05) is 37.5 Å². The van der Waals surface area contributed by atoms with Gasteiger partial charge in [-0.15, -0.1) is 0 Å². The first-order valence-corrected chi connectivity index (χ1v) is 10.7. The maximum absolute atomic E-state index is 14.6. The minimum atomic E-state index is -0.406. The van der Waals surface area contributed by atoms with Gasteiger partial charge < -0.3 is 14.2 Å². The van der Waals surface area contributed by atoms with E-state index in [0.717, 1.165) is 34.9 Å². The molecule has 0 aromatic carbocycles. The molecule has 32 heavy (non-hydrogen) atoms. The van der Waals surface area contributed by atoms with Crippen LogP contribution < -0.4 is 9.64 Å². The molecular formula is C23H26FN7O. The van der Waals surface area contributed by atoms with Crippen LogP contribution in [0.5, 0.6) is 5.88 Å². The Morgan fingerprint density at radius 3 is 2.78 bits per heavy atom. The molecule has 8 nitrogen and oxygen atoms in total. The zero-order chi connectivity index (χ0) is 22.5. The summed E-state index contributed by atoms with van der Waals surface area (Å²) < 4.78 is 23.5. The van der Waals surface area contributed by atoms with Crippen LogP contribution in [0, 0.1) is 11.5 Å². The molecule has 5 rings (SSSR count). The molecule has 0 saturated heterocycles. The predicted molar refractivity (Wildman–Crippen MR) is 119 cm³/mol. The summed E-state index contributed by atoms with van der Waals surface area (Å²) in [6.07, 6.45) is 5.63. The first-order chi connectivity index (χ1) is 15.3. The van der Waals surface area contributed by atoms with Crippen molar-refractivity contribution in [3.8, 4) is 17.0 Å². The van der Waals surface area contributed by atoms with Gasteiger partial charge in [0.1, 0.15) is 5.82 Å². The number of hydrogen-bond donors (Lipinski definition) is 0. The van der Waals surface area contributed by atoms with Crippen LogP contribution in [0.3, 0.4) is 0 Å². The largest absolute Gasteiger partial charge is 0.481 e. The van der Waals surface area contributed by atoms with Gasteiger partial charge in [0.2, 0.25) is 5.88 Å². The highest BCUT2D eigenvalue weighted by atomic mass is 19.1. The second-order valence-corrected chi connectivity index (χ2v) is 9.26. The van der Waals surface area contributed by atoms with Crippen LogP contribution in [0.1, 0.15) is 32.2 Å². The number of imidazole rings is 1. The molecule has 4 aromatic heterocycles. The standard InChI is InChI=1S/C23H26FN7O/c1-23(2,3)14-30-18-13-29(10-7-17(18)27-22(30)24)19-8-11-31-20(28-19)16(12-26-31)15-6-5-9-25-21(15)32-4/h5-6,8-9,11-12H,7,10,13-14H2,1-4H3. The summed E-state index contributed by atoms with van der Waals surface area (Å²) in [5, 5.41) is 4.44. The van der Waals surface area contributed by atoms with E-state index in [2.05, 4.69) is 40.7 Å². The Morgan fingerprint density at radius 2 is 2.00 bits per heavy atom. The second kappa shape index (κ2) is 7.58. The highest BCUT2D eigenvalue weighted by Gasteiger charge is 2.27. The fourth-order valence-corrected chi connectivity index (χ4v) is 4.20. The van der Waals surface area contributed by atoms with Crippen molar-refractivity contribution in [3.63, 3.8) is 0 Å². The summed E-state index contributed by atoms with van der Waals surface area (Å²) in [7, 11) is 1.60.